The van der Waals surface area contributed by atoms with Crippen LogP contribution in [0, 0.1) is 0 Å². The van der Waals surface area contributed by atoms with E-state index >= 15 is 0 Å². The Morgan fingerprint density at radius 1 is 1.17 bits per heavy atom. The van der Waals surface area contributed by atoms with E-state index in [0.29, 0.717) is 5.69 Å². The van der Waals surface area contributed by atoms with Crippen LogP contribution < -0.4 is 21.7 Å². The van der Waals surface area contributed by atoms with Gasteiger partial charge in [-0.15, -0.1) is 0 Å². The van der Waals surface area contributed by atoms with Crippen molar-refractivity contribution in [1.82, 2.24) is 25.9 Å². The zero-order chi connectivity index (χ0) is 21.9. The molecule has 11 nitrogen and oxygen atoms in total. The molecule has 0 unspecified atom stereocenters. The summed E-state index contributed by atoms with van der Waals surface area (Å²) in [4.78, 5) is 54.3. The van der Waals surface area contributed by atoms with Gasteiger partial charge in [0.05, 0.1) is 18.6 Å². The van der Waals surface area contributed by atoms with Crippen molar-refractivity contribution in [2.45, 2.75) is 69.5 Å². The number of carbonyl (C=O) groups excluding carboxylic acids is 3. The lowest BCUT2D eigenvalue weighted by atomic mass is 9.95. The first kappa shape index (κ1) is 23.3. The highest BCUT2D eigenvalue weighted by atomic mass is 16.4. The minimum absolute atomic E-state index is 0.0227. The van der Waals surface area contributed by atoms with Crippen molar-refractivity contribution in [3.05, 3.63) is 18.2 Å². The van der Waals surface area contributed by atoms with E-state index in [4.69, 9.17) is 5.73 Å². The molecule has 0 radical (unpaired) electrons. The number of H-pyrrole nitrogens is 1. The highest BCUT2D eigenvalue weighted by Crippen LogP contribution is 2.17. The van der Waals surface area contributed by atoms with E-state index in [2.05, 4.69) is 25.9 Å². The molecule has 3 amide bonds. The van der Waals surface area contributed by atoms with Crippen LogP contribution in [0.15, 0.2) is 12.5 Å². The van der Waals surface area contributed by atoms with Crippen LogP contribution in [0.4, 0.5) is 0 Å². The number of nitrogens with two attached hydrogens (primary N) is 1. The van der Waals surface area contributed by atoms with Gasteiger partial charge in [-0.3, -0.25) is 14.4 Å². The van der Waals surface area contributed by atoms with Gasteiger partial charge in [0.1, 0.15) is 12.1 Å². The Balaban J connectivity index is 1.93. The first-order valence-corrected chi connectivity index (χ1v) is 10.2. The van der Waals surface area contributed by atoms with Gasteiger partial charge in [0.15, 0.2) is 0 Å². The van der Waals surface area contributed by atoms with Crippen molar-refractivity contribution < 1.29 is 24.3 Å². The van der Waals surface area contributed by atoms with Crippen LogP contribution >= 0.6 is 0 Å². The third kappa shape index (κ3) is 8.19. The summed E-state index contributed by atoms with van der Waals surface area (Å²) in [6, 6.07) is -2.03. The van der Waals surface area contributed by atoms with Crippen LogP contribution in [0.5, 0.6) is 0 Å². The molecule has 166 valence electrons. The monoisotopic (exact) mass is 422 g/mol. The summed E-state index contributed by atoms with van der Waals surface area (Å²) in [7, 11) is 0. The fraction of sp³-hybridized carbons (Fsp3) is 0.632. The van der Waals surface area contributed by atoms with Gasteiger partial charge in [-0.25, -0.2) is 9.78 Å². The number of primary amides is 1. The average molecular weight is 422 g/mol. The van der Waals surface area contributed by atoms with Crippen LogP contribution in [-0.4, -0.2) is 63.4 Å². The fourth-order valence-electron chi connectivity index (χ4n) is 3.43. The Hall–Kier alpha value is -2.95. The Labute approximate surface area is 174 Å². The van der Waals surface area contributed by atoms with E-state index in [1.54, 1.807) is 0 Å². The molecule has 1 aromatic heterocycles. The lowest BCUT2D eigenvalue weighted by Crippen LogP contribution is -2.54. The number of nitrogens with one attached hydrogen (secondary N) is 4. The maximum Gasteiger partial charge on any atom is 0.326 e. The molecule has 0 saturated heterocycles. The normalized spacial score (nSPS) is 16.4. The second kappa shape index (κ2) is 11.9. The van der Waals surface area contributed by atoms with Crippen molar-refractivity contribution in [3.8, 4) is 0 Å². The summed E-state index contributed by atoms with van der Waals surface area (Å²) >= 11 is 0. The number of rotatable bonds is 12. The molecule has 1 saturated carbocycles. The van der Waals surface area contributed by atoms with Crippen molar-refractivity contribution in [2.24, 2.45) is 5.73 Å². The molecule has 11 heteroatoms. The predicted octanol–water partition coefficient (Wildman–Crippen LogP) is -0.806. The maximum absolute atomic E-state index is 12.7. The number of aromatic nitrogens is 2. The van der Waals surface area contributed by atoms with Crippen LogP contribution in [0.3, 0.4) is 0 Å². The van der Waals surface area contributed by atoms with E-state index < -0.39 is 35.8 Å². The summed E-state index contributed by atoms with van der Waals surface area (Å²) in [6.07, 6.45) is 8.23. The summed E-state index contributed by atoms with van der Waals surface area (Å²) in [5.74, 6) is -2.94. The number of carboxylic acids is 1. The molecule has 1 aliphatic rings. The standard InChI is InChI=1S/C19H30N6O5/c20-16(26)7-6-14(24-17(27)10-22-12-4-2-1-3-5-12)18(28)25-15(19(29)30)8-13-9-21-11-23-13/h9,11-12,14-15,22H,1-8,10H2,(H2,20,26)(H,21,23)(H,24,27)(H,25,28)(H,29,30)/t14-,15-/m0/s1. The second-order valence-electron chi connectivity index (χ2n) is 7.50. The summed E-state index contributed by atoms with van der Waals surface area (Å²) < 4.78 is 0. The van der Waals surface area contributed by atoms with Crippen molar-refractivity contribution in [1.29, 1.82) is 0 Å². The number of aliphatic carboxylic acids is 1. The number of hydrogen-bond donors (Lipinski definition) is 6. The number of imidazole rings is 1. The summed E-state index contributed by atoms with van der Waals surface area (Å²) in [6.45, 7) is 0.0423. The van der Waals surface area contributed by atoms with Crippen molar-refractivity contribution in [3.63, 3.8) is 0 Å². The predicted molar refractivity (Wildman–Crippen MR) is 107 cm³/mol. The van der Waals surface area contributed by atoms with Gasteiger partial charge in [-0.1, -0.05) is 19.3 Å². The van der Waals surface area contributed by atoms with E-state index in [0.717, 1.165) is 25.7 Å². The van der Waals surface area contributed by atoms with Gasteiger partial charge in [-0.05, 0) is 19.3 Å². The SMILES string of the molecule is NC(=O)CC[C@H](NC(=O)CNC1CCCCC1)C(=O)N[C@@H](Cc1c[nH]cn1)C(=O)O. The smallest absolute Gasteiger partial charge is 0.326 e. The molecule has 1 heterocycles. The molecular formula is C19H30N6O5. The third-order valence-electron chi connectivity index (χ3n) is 5.07. The van der Waals surface area contributed by atoms with E-state index in [1.807, 2.05) is 0 Å². The molecule has 0 spiro atoms. The number of hydrogen-bond acceptors (Lipinski definition) is 6. The number of carboxylic acid groups (broad SMARTS) is 1. The third-order valence-corrected chi connectivity index (χ3v) is 5.07. The molecule has 0 bridgehead atoms. The molecule has 1 aliphatic carbocycles. The average Bonchev–Trinajstić information content (AvgIpc) is 3.22. The largest absolute Gasteiger partial charge is 0.480 e. The first-order chi connectivity index (χ1) is 14.3. The highest BCUT2D eigenvalue weighted by molar-refractivity contribution is 5.91. The van der Waals surface area contributed by atoms with Gasteiger partial charge in [0.2, 0.25) is 17.7 Å². The van der Waals surface area contributed by atoms with Gasteiger partial charge >= 0.3 is 5.97 Å². The first-order valence-electron chi connectivity index (χ1n) is 10.2. The van der Waals surface area contributed by atoms with Crippen LogP contribution in [-0.2, 0) is 25.6 Å². The molecule has 2 atom stereocenters. The fourth-order valence-corrected chi connectivity index (χ4v) is 3.43. The lowest BCUT2D eigenvalue weighted by Gasteiger charge is -2.24. The molecule has 0 aliphatic heterocycles. The van der Waals surface area contributed by atoms with Crippen molar-refractivity contribution in [2.75, 3.05) is 6.54 Å². The van der Waals surface area contributed by atoms with Gasteiger partial charge in [0.25, 0.3) is 0 Å². The molecule has 30 heavy (non-hydrogen) atoms. The van der Waals surface area contributed by atoms with E-state index in [1.165, 1.54) is 18.9 Å². The summed E-state index contributed by atoms with van der Waals surface area (Å²) in [5.41, 5.74) is 5.64. The van der Waals surface area contributed by atoms with E-state index in [-0.39, 0.29) is 31.8 Å². The van der Waals surface area contributed by atoms with Crippen molar-refractivity contribution >= 4 is 23.7 Å². The topological polar surface area (TPSA) is 179 Å². The molecule has 2 rings (SSSR count). The molecular weight excluding hydrogens is 392 g/mol. The molecule has 0 aromatic carbocycles. The van der Waals surface area contributed by atoms with Gasteiger partial charge in [0, 0.05) is 25.1 Å². The zero-order valence-corrected chi connectivity index (χ0v) is 16.9. The van der Waals surface area contributed by atoms with Crippen LogP contribution in [0.25, 0.3) is 0 Å². The van der Waals surface area contributed by atoms with Gasteiger partial charge in [-0.2, -0.15) is 0 Å². The second-order valence-corrected chi connectivity index (χ2v) is 7.50. The summed E-state index contributed by atoms with van der Waals surface area (Å²) in [5, 5.41) is 17.6. The minimum atomic E-state index is -1.23. The number of amides is 3. The molecule has 7 N–H and O–H groups in total. The van der Waals surface area contributed by atoms with Gasteiger partial charge < -0.3 is 31.8 Å². The quantitative estimate of drug-likeness (QED) is 0.255. The Kier molecular flexibility index (Phi) is 9.26. The molecule has 1 aromatic rings. The zero-order valence-electron chi connectivity index (χ0n) is 16.9. The van der Waals surface area contributed by atoms with Crippen LogP contribution in [0.1, 0.15) is 50.6 Å². The number of aromatic amines is 1. The Morgan fingerprint density at radius 3 is 2.50 bits per heavy atom. The maximum atomic E-state index is 12.7. The highest BCUT2D eigenvalue weighted by Gasteiger charge is 2.27. The lowest BCUT2D eigenvalue weighted by molar-refractivity contribution is -0.142. The number of carbonyl (C=O) groups is 4. The van der Waals surface area contributed by atoms with Crippen LogP contribution in [0.2, 0.25) is 0 Å². The van der Waals surface area contributed by atoms with E-state index in [9.17, 15) is 24.3 Å². The Morgan fingerprint density at radius 2 is 1.90 bits per heavy atom. The molecule has 1 fully saturated rings. The minimum Gasteiger partial charge on any atom is -0.480 e. The Bertz CT molecular complexity index is 717. The number of nitrogens with zero attached hydrogens (tertiary/aromatic N) is 1.